The lowest BCUT2D eigenvalue weighted by Gasteiger charge is -2.08. The summed E-state index contributed by atoms with van der Waals surface area (Å²) >= 11 is 5.95. The van der Waals surface area contributed by atoms with Gasteiger partial charge in [-0.25, -0.2) is 5.43 Å². The number of carbonyl (C=O) groups is 2. The normalized spacial score (nSPS) is 11.1. The molecule has 0 radical (unpaired) electrons. The first kappa shape index (κ1) is 20.2. The Morgan fingerprint density at radius 3 is 2.48 bits per heavy atom. The summed E-state index contributed by atoms with van der Waals surface area (Å²) in [6, 6.07) is 15.0. The van der Waals surface area contributed by atoms with Gasteiger partial charge in [-0.15, -0.1) is 0 Å². The van der Waals surface area contributed by atoms with Crippen molar-refractivity contribution in [3.05, 3.63) is 82.8 Å². The Balaban J connectivity index is 1.66. The molecule has 0 fully saturated rings. The first-order valence-corrected chi connectivity index (χ1v) is 8.99. The van der Waals surface area contributed by atoms with E-state index in [4.69, 9.17) is 20.8 Å². The summed E-state index contributed by atoms with van der Waals surface area (Å²) in [4.78, 5) is 24.4. The number of hydrazone groups is 1. The molecule has 8 heteroatoms. The van der Waals surface area contributed by atoms with Crippen LogP contribution in [0, 0.1) is 0 Å². The molecule has 2 aromatic carbocycles. The van der Waals surface area contributed by atoms with Gasteiger partial charge in [-0.2, -0.15) is 5.10 Å². The first-order chi connectivity index (χ1) is 14.0. The molecule has 0 aliphatic rings. The molecule has 2 amide bonds. The molecule has 0 saturated heterocycles. The van der Waals surface area contributed by atoms with Crippen LogP contribution < -0.4 is 15.5 Å². The lowest BCUT2D eigenvalue weighted by Crippen LogP contribution is -2.20. The molecular weight excluding hydrogens is 394 g/mol. The van der Waals surface area contributed by atoms with Gasteiger partial charge >= 0.3 is 0 Å². The molecule has 1 aromatic heterocycles. The van der Waals surface area contributed by atoms with Gasteiger partial charge in [0.2, 0.25) is 0 Å². The zero-order chi connectivity index (χ0) is 20.8. The van der Waals surface area contributed by atoms with Gasteiger partial charge in [-0.05, 0) is 55.0 Å². The highest BCUT2D eigenvalue weighted by Crippen LogP contribution is 2.22. The van der Waals surface area contributed by atoms with Crippen LogP contribution in [-0.4, -0.2) is 24.6 Å². The molecule has 0 unspecified atom stereocenters. The molecule has 1 heterocycles. The number of nitrogens with zero attached hydrogens (tertiary/aromatic N) is 1. The number of nitrogens with one attached hydrogen (secondary N) is 2. The summed E-state index contributed by atoms with van der Waals surface area (Å²) in [6.45, 7) is 1.76. The quantitative estimate of drug-likeness (QED) is 0.466. The van der Waals surface area contributed by atoms with E-state index in [9.17, 15) is 9.59 Å². The van der Waals surface area contributed by atoms with Crippen LogP contribution in [0.3, 0.4) is 0 Å². The maximum Gasteiger partial charge on any atom is 0.291 e. The highest BCUT2D eigenvalue weighted by atomic mass is 35.5. The lowest BCUT2D eigenvalue weighted by atomic mass is 10.1. The number of anilines is 1. The van der Waals surface area contributed by atoms with Crippen LogP contribution in [0.15, 0.2) is 70.4 Å². The number of amides is 2. The molecule has 148 valence electrons. The van der Waals surface area contributed by atoms with Crippen molar-refractivity contribution in [2.45, 2.75) is 6.92 Å². The fraction of sp³-hybridized carbons (Fsp3) is 0.0952. The van der Waals surface area contributed by atoms with Crippen molar-refractivity contribution in [3.63, 3.8) is 0 Å². The zero-order valence-corrected chi connectivity index (χ0v) is 16.5. The van der Waals surface area contributed by atoms with Crippen molar-refractivity contribution in [2.75, 3.05) is 12.4 Å². The SMILES string of the molecule is COc1ccc(Cl)cc1C(=O)NN=C(C)c1ccc(NC(=O)c2ccco2)cc1. The number of rotatable bonds is 6. The maximum atomic E-state index is 12.4. The van der Waals surface area contributed by atoms with Gasteiger partial charge in [0.1, 0.15) is 5.75 Å². The van der Waals surface area contributed by atoms with E-state index in [-0.39, 0.29) is 17.2 Å². The van der Waals surface area contributed by atoms with E-state index in [1.807, 2.05) is 0 Å². The number of hydrogen-bond donors (Lipinski definition) is 2. The Hall–Kier alpha value is -3.58. The summed E-state index contributed by atoms with van der Waals surface area (Å²) in [5, 5.41) is 7.27. The largest absolute Gasteiger partial charge is 0.496 e. The predicted octanol–water partition coefficient (Wildman–Crippen LogP) is 4.35. The van der Waals surface area contributed by atoms with Crippen LogP contribution in [0.5, 0.6) is 5.75 Å². The minimum Gasteiger partial charge on any atom is -0.496 e. The number of methoxy groups -OCH3 is 1. The maximum absolute atomic E-state index is 12.4. The van der Waals surface area contributed by atoms with Crippen LogP contribution in [0.25, 0.3) is 0 Å². The van der Waals surface area contributed by atoms with Crippen molar-refractivity contribution >= 4 is 34.8 Å². The second kappa shape index (κ2) is 9.07. The highest BCUT2D eigenvalue weighted by Gasteiger charge is 2.13. The Morgan fingerprint density at radius 2 is 1.83 bits per heavy atom. The van der Waals surface area contributed by atoms with Gasteiger partial charge in [-0.1, -0.05) is 23.7 Å². The second-order valence-corrected chi connectivity index (χ2v) is 6.43. The van der Waals surface area contributed by atoms with Crippen LogP contribution in [0.4, 0.5) is 5.69 Å². The highest BCUT2D eigenvalue weighted by molar-refractivity contribution is 6.31. The minimum absolute atomic E-state index is 0.228. The number of ether oxygens (including phenoxy) is 1. The third kappa shape index (κ3) is 5.03. The van der Waals surface area contributed by atoms with Crippen molar-refractivity contribution in [2.24, 2.45) is 5.10 Å². The van der Waals surface area contributed by atoms with E-state index in [0.717, 1.165) is 5.56 Å². The Kier molecular flexibility index (Phi) is 6.31. The molecule has 2 N–H and O–H groups in total. The van der Waals surface area contributed by atoms with Crippen LogP contribution in [0.1, 0.15) is 33.4 Å². The van der Waals surface area contributed by atoms with Gasteiger partial charge in [0.15, 0.2) is 5.76 Å². The van der Waals surface area contributed by atoms with Gasteiger partial charge < -0.3 is 14.5 Å². The van der Waals surface area contributed by atoms with Crippen LogP contribution in [0.2, 0.25) is 5.02 Å². The topological polar surface area (TPSA) is 92.9 Å². The third-order valence-corrected chi connectivity index (χ3v) is 4.27. The Labute approximate surface area is 172 Å². The Morgan fingerprint density at radius 1 is 1.07 bits per heavy atom. The molecule has 29 heavy (non-hydrogen) atoms. The van der Waals surface area contributed by atoms with Crippen LogP contribution >= 0.6 is 11.6 Å². The lowest BCUT2D eigenvalue weighted by molar-refractivity contribution is 0.0950. The molecule has 0 saturated carbocycles. The molecule has 0 aliphatic heterocycles. The molecule has 3 rings (SSSR count). The standard InChI is InChI=1S/C21H18ClN3O4/c1-13(24-25-20(26)17-12-15(22)7-10-18(17)28-2)14-5-8-16(9-6-14)23-21(27)19-4-3-11-29-19/h3-12H,1-2H3,(H,23,27)(H,25,26). The van der Waals surface area contributed by atoms with Gasteiger partial charge in [-0.3, -0.25) is 9.59 Å². The molecular formula is C21H18ClN3O4. The van der Waals surface area contributed by atoms with Gasteiger partial charge in [0.25, 0.3) is 11.8 Å². The molecule has 0 atom stereocenters. The van der Waals surface area contributed by atoms with E-state index in [1.165, 1.54) is 19.4 Å². The fourth-order valence-electron chi connectivity index (χ4n) is 2.51. The van der Waals surface area contributed by atoms with Crippen molar-refractivity contribution < 1.29 is 18.7 Å². The van der Waals surface area contributed by atoms with E-state index in [0.29, 0.717) is 22.2 Å². The number of furan rings is 1. The number of halogens is 1. The van der Waals surface area contributed by atoms with E-state index >= 15 is 0 Å². The van der Waals surface area contributed by atoms with E-state index in [2.05, 4.69) is 15.8 Å². The minimum atomic E-state index is -0.439. The molecule has 0 bridgehead atoms. The molecule has 3 aromatic rings. The number of hydrogen-bond acceptors (Lipinski definition) is 5. The molecule has 0 aliphatic carbocycles. The summed E-state index contributed by atoms with van der Waals surface area (Å²) in [5.74, 6) is -0.149. The van der Waals surface area contributed by atoms with Crippen molar-refractivity contribution in [1.29, 1.82) is 0 Å². The average Bonchev–Trinajstić information content (AvgIpc) is 3.27. The summed E-state index contributed by atoms with van der Waals surface area (Å²) in [7, 11) is 1.47. The van der Waals surface area contributed by atoms with Crippen LogP contribution in [-0.2, 0) is 0 Å². The Bertz CT molecular complexity index is 1040. The average molecular weight is 412 g/mol. The fourth-order valence-corrected chi connectivity index (χ4v) is 2.68. The van der Waals surface area contributed by atoms with Crippen molar-refractivity contribution in [1.82, 2.24) is 5.43 Å². The predicted molar refractivity (Wildman–Crippen MR) is 111 cm³/mol. The van der Waals surface area contributed by atoms with Gasteiger partial charge in [0.05, 0.1) is 24.6 Å². The number of benzene rings is 2. The molecule has 0 spiro atoms. The second-order valence-electron chi connectivity index (χ2n) is 5.99. The third-order valence-electron chi connectivity index (χ3n) is 4.04. The number of carbonyl (C=O) groups excluding carboxylic acids is 2. The monoisotopic (exact) mass is 411 g/mol. The summed E-state index contributed by atoms with van der Waals surface area (Å²) in [6.07, 6.45) is 1.44. The first-order valence-electron chi connectivity index (χ1n) is 8.61. The van der Waals surface area contributed by atoms with Crippen molar-refractivity contribution in [3.8, 4) is 5.75 Å². The summed E-state index contributed by atoms with van der Waals surface area (Å²) < 4.78 is 10.2. The summed E-state index contributed by atoms with van der Waals surface area (Å²) in [5.41, 5.74) is 4.75. The van der Waals surface area contributed by atoms with E-state index in [1.54, 1.807) is 55.5 Å². The van der Waals surface area contributed by atoms with E-state index < -0.39 is 5.91 Å². The zero-order valence-electron chi connectivity index (χ0n) is 15.7. The van der Waals surface area contributed by atoms with Gasteiger partial charge in [0, 0.05) is 10.7 Å². The smallest absolute Gasteiger partial charge is 0.291 e. The molecule has 7 nitrogen and oxygen atoms in total.